The number of aromatic nitrogens is 4. The van der Waals surface area contributed by atoms with Gasteiger partial charge in [-0.2, -0.15) is 0 Å². The number of carbonyl (C=O) groups excluding carboxylic acids is 2. The van der Waals surface area contributed by atoms with E-state index in [9.17, 15) is 19.5 Å². The first kappa shape index (κ1) is 23.7. The molecule has 11 heteroatoms. The molecule has 1 saturated heterocycles. The van der Waals surface area contributed by atoms with Crippen molar-refractivity contribution in [2.24, 2.45) is 18.9 Å². The molecule has 4 heterocycles. The monoisotopic (exact) mass is 528 g/mol. The molecule has 2 saturated carbocycles. The molecule has 2 aliphatic carbocycles. The van der Waals surface area contributed by atoms with Crippen molar-refractivity contribution in [3.05, 3.63) is 42.1 Å². The molecule has 0 radical (unpaired) electrons. The number of ether oxygens (including phenoxy) is 1. The summed E-state index contributed by atoms with van der Waals surface area (Å²) in [5.74, 6) is 1.18. The van der Waals surface area contributed by atoms with E-state index in [0.717, 1.165) is 34.6 Å². The SMILES string of the molecule is COc1cc(C(=O)N2C[C@H]3CC(=O)[C@@H]2[C@@H]3NC(=O)O)cc2nc(-c3cc4cccnc4n3CC3CC3)n(C)c12. The van der Waals surface area contributed by atoms with Gasteiger partial charge >= 0.3 is 6.09 Å². The summed E-state index contributed by atoms with van der Waals surface area (Å²) in [6.45, 7) is 1.19. The fourth-order valence-electron chi connectivity index (χ4n) is 6.42. The number of pyridine rings is 1. The largest absolute Gasteiger partial charge is 0.494 e. The Morgan fingerprint density at radius 3 is 2.79 bits per heavy atom. The highest BCUT2D eigenvalue weighted by Crippen LogP contribution is 2.39. The fraction of sp³-hybridized carbons (Fsp3) is 0.393. The summed E-state index contributed by atoms with van der Waals surface area (Å²) in [5, 5.41) is 12.7. The normalized spacial score (nSPS) is 22.3. The van der Waals surface area contributed by atoms with Crippen molar-refractivity contribution >= 4 is 39.9 Å². The van der Waals surface area contributed by atoms with Gasteiger partial charge in [0.2, 0.25) is 0 Å². The minimum atomic E-state index is -1.20. The molecule has 3 aliphatic rings. The van der Waals surface area contributed by atoms with Crippen LogP contribution in [0.15, 0.2) is 36.5 Å². The summed E-state index contributed by atoms with van der Waals surface area (Å²) >= 11 is 0. The molecule has 3 fully saturated rings. The zero-order valence-corrected chi connectivity index (χ0v) is 21.6. The van der Waals surface area contributed by atoms with Gasteiger partial charge in [-0.1, -0.05) is 0 Å². The van der Waals surface area contributed by atoms with Gasteiger partial charge in [0, 0.05) is 49.6 Å². The van der Waals surface area contributed by atoms with Gasteiger partial charge in [-0.25, -0.2) is 14.8 Å². The number of Topliss-reactive ketones (excluding diaryl/α,β-unsaturated/α-hetero) is 1. The Balaban J connectivity index is 1.30. The van der Waals surface area contributed by atoms with Crippen molar-refractivity contribution in [3.8, 4) is 17.3 Å². The Bertz CT molecular complexity index is 1680. The number of carbonyl (C=O) groups is 3. The van der Waals surface area contributed by atoms with E-state index in [1.165, 1.54) is 17.7 Å². The number of benzene rings is 1. The van der Waals surface area contributed by atoms with Gasteiger partial charge < -0.3 is 29.2 Å². The number of rotatable bonds is 6. The lowest BCUT2D eigenvalue weighted by Gasteiger charge is -2.26. The molecule has 1 aromatic carbocycles. The zero-order valence-electron chi connectivity index (χ0n) is 21.6. The average Bonchev–Trinajstić information content (AvgIpc) is 3.33. The Morgan fingerprint density at radius 2 is 2.05 bits per heavy atom. The number of nitrogens with zero attached hydrogens (tertiary/aromatic N) is 5. The van der Waals surface area contributed by atoms with Crippen LogP contribution in [0.25, 0.3) is 33.6 Å². The van der Waals surface area contributed by atoms with Gasteiger partial charge in [0.05, 0.1) is 24.4 Å². The van der Waals surface area contributed by atoms with E-state index in [-0.39, 0.29) is 24.0 Å². The number of carboxylic acid groups (broad SMARTS) is 1. The predicted octanol–water partition coefficient (Wildman–Crippen LogP) is 3.06. The number of piperidine rings is 1. The number of fused-ring (bicyclic) bond motifs is 4. The van der Waals surface area contributed by atoms with Crippen molar-refractivity contribution in [2.45, 2.75) is 37.9 Å². The minimum Gasteiger partial charge on any atom is -0.494 e. The highest BCUT2D eigenvalue weighted by molar-refractivity contribution is 6.03. The molecule has 2 N–H and O–H groups in total. The highest BCUT2D eigenvalue weighted by Gasteiger charge is 2.54. The van der Waals surface area contributed by atoms with Crippen LogP contribution in [0.3, 0.4) is 0 Å². The van der Waals surface area contributed by atoms with E-state index in [4.69, 9.17) is 9.72 Å². The van der Waals surface area contributed by atoms with Crippen molar-refractivity contribution in [3.63, 3.8) is 0 Å². The van der Waals surface area contributed by atoms with Crippen LogP contribution in [0.4, 0.5) is 4.79 Å². The molecular formula is C28H28N6O5. The van der Waals surface area contributed by atoms with Crippen molar-refractivity contribution in [1.82, 2.24) is 29.3 Å². The molecule has 2 amide bonds. The smallest absolute Gasteiger partial charge is 0.404 e. The number of amides is 2. The third-order valence-corrected chi connectivity index (χ3v) is 8.38. The maximum absolute atomic E-state index is 13.7. The maximum atomic E-state index is 13.7. The van der Waals surface area contributed by atoms with E-state index in [0.29, 0.717) is 29.3 Å². The molecule has 3 atom stereocenters. The molecule has 1 aliphatic heterocycles. The number of hydrogen-bond acceptors (Lipinski definition) is 6. The number of imidazole rings is 1. The molecule has 3 aromatic heterocycles. The van der Waals surface area contributed by atoms with Crippen molar-refractivity contribution < 1.29 is 24.2 Å². The summed E-state index contributed by atoms with van der Waals surface area (Å²) in [5.41, 5.74) is 3.58. The fourth-order valence-corrected chi connectivity index (χ4v) is 6.42. The summed E-state index contributed by atoms with van der Waals surface area (Å²) in [6.07, 6.45) is 3.29. The quantitative estimate of drug-likeness (QED) is 0.393. The minimum absolute atomic E-state index is 0.122. The van der Waals surface area contributed by atoms with Gasteiger partial charge in [0.25, 0.3) is 5.91 Å². The van der Waals surface area contributed by atoms with Crippen LogP contribution >= 0.6 is 0 Å². The lowest BCUT2D eigenvalue weighted by atomic mass is 10.1. The molecule has 4 aromatic rings. The standard InChI is InChI=1S/C28H28N6O5/c1-32-23-18(30-26(32)19-9-15-4-3-7-29-25(15)33(19)12-14-5-6-14)8-16(11-21(23)39-2)27(36)34-13-17-10-20(35)24(34)22(17)31-28(37)38/h3-4,7-9,11,14,17,22,24,31H,5-6,10,12-13H2,1-2H3,(H,37,38)/t17-,22-,24-/m1/s1. The third kappa shape index (κ3) is 3.67. The summed E-state index contributed by atoms with van der Waals surface area (Å²) in [6, 6.07) is 8.09. The van der Waals surface area contributed by atoms with E-state index in [1.54, 1.807) is 25.4 Å². The van der Waals surface area contributed by atoms with Crippen LogP contribution in [0.2, 0.25) is 0 Å². The first-order chi connectivity index (χ1) is 18.8. The molecule has 200 valence electrons. The van der Waals surface area contributed by atoms with Gasteiger partial charge in [0.15, 0.2) is 11.6 Å². The number of nitrogens with one attached hydrogen (secondary N) is 1. The van der Waals surface area contributed by atoms with Crippen LogP contribution < -0.4 is 10.1 Å². The second-order valence-electron chi connectivity index (χ2n) is 10.8. The Morgan fingerprint density at radius 1 is 1.23 bits per heavy atom. The van der Waals surface area contributed by atoms with E-state index < -0.39 is 18.2 Å². The highest BCUT2D eigenvalue weighted by atomic mass is 16.5. The number of likely N-dealkylation sites (tertiary alicyclic amines) is 1. The lowest BCUT2D eigenvalue weighted by Crippen LogP contribution is -2.48. The molecule has 0 spiro atoms. The van der Waals surface area contributed by atoms with E-state index >= 15 is 0 Å². The topological polar surface area (TPSA) is 132 Å². The number of ketones is 1. The first-order valence-corrected chi connectivity index (χ1v) is 13.2. The van der Waals surface area contributed by atoms with Gasteiger partial charge in [-0.15, -0.1) is 0 Å². The molecule has 39 heavy (non-hydrogen) atoms. The average molecular weight is 529 g/mol. The lowest BCUT2D eigenvalue weighted by molar-refractivity contribution is -0.122. The molecule has 7 rings (SSSR count). The molecular weight excluding hydrogens is 500 g/mol. The van der Waals surface area contributed by atoms with Crippen LogP contribution in [0.1, 0.15) is 29.6 Å². The van der Waals surface area contributed by atoms with E-state index in [1.807, 2.05) is 23.7 Å². The number of methoxy groups -OCH3 is 1. The Hall–Kier alpha value is -4.41. The predicted molar refractivity (Wildman–Crippen MR) is 142 cm³/mol. The molecule has 0 unspecified atom stereocenters. The second-order valence-corrected chi connectivity index (χ2v) is 10.8. The summed E-state index contributed by atoms with van der Waals surface area (Å²) in [4.78, 5) is 48.7. The van der Waals surface area contributed by atoms with Crippen molar-refractivity contribution in [2.75, 3.05) is 13.7 Å². The van der Waals surface area contributed by atoms with Gasteiger partial charge in [0.1, 0.15) is 23.0 Å². The molecule has 11 nitrogen and oxygen atoms in total. The first-order valence-electron chi connectivity index (χ1n) is 13.2. The van der Waals surface area contributed by atoms with Crippen molar-refractivity contribution in [1.29, 1.82) is 0 Å². The third-order valence-electron chi connectivity index (χ3n) is 8.38. The summed E-state index contributed by atoms with van der Waals surface area (Å²) in [7, 11) is 3.49. The Labute approximate surface area is 223 Å². The van der Waals surface area contributed by atoms with E-state index in [2.05, 4.69) is 20.9 Å². The Kier molecular flexibility index (Phi) is 5.19. The van der Waals surface area contributed by atoms with Gasteiger partial charge in [-0.05, 0) is 49.1 Å². The number of aryl methyl sites for hydroxylation is 1. The summed E-state index contributed by atoms with van der Waals surface area (Å²) < 4.78 is 9.94. The van der Waals surface area contributed by atoms with Crippen LogP contribution in [0, 0.1) is 11.8 Å². The van der Waals surface area contributed by atoms with Crippen LogP contribution in [0.5, 0.6) is 5.75 Å². The van der Waals surface area contributed by atoms with Crippen LogP contribution in [-0.2, 0) is 18.4 Å². The van der Waals surface area contributed by atoms with Crippen LogP contribution in [-0.4, -0.2) is 72.6 Å². The molecule has 2 bridgehead atoms. The number of hydrogen-bond donors (Lipinski definition) is 2. The maximum Gasteiger partial charge on any atom is 0.404 e. The second kappa shape index (κ2) is 8.55. The van der Waals surface area contributed by atoms with Gasteiger partial charge in [-0.3, -0.25) is 9.59 Å². The zero-order chi connectivity index (χ0) is 27.0.